The molecule has 22 heavy (non-hydrogen) atoms. The molecule has 110 valence electrons. The number of hydrogen-bond donors (Lipinski definition) is 2. The van der Waals surface area contributed by atoms with Crippen LogP contribution in [0.2, 0.25) is 0 Å². The fraction of sp³-hybridized carbons (Fsp3) is 0. The monoisotopic (exact) mass is 314 g/mol. The molecule has 0 bridgehead atoms. The molecule has 0 saturated heterocycles. The Morgan fingerprint density at radius 3 is 2.64 bits per heavy atom. The maximum absolute atomic E-state index is 12.2. The minimum Gasteiger partial charge on any atom is -0.375 e. The summed E-state index contributed by atoms with van der Waals surface area (Å²) in [6.07, 6.45) is 0. The van der Waals surface area contributed by atoms with Crippen LogP contribution < -0.4 is 11.1 Å². The topological polar surface area (TPSA) is 111 Å². The minimum atomic E-state index is -0.492. The van der Waals surface area contributed by atoms with Crippen molar-refractivity contribution in [3.8, 4) is 0 Å². The standard InChI is InChI=1S/C14H10N4O3S/c15-14-17-11-6-1-8(7-12(11)22-14)13(19)16-9-2-4-10(5-3-9)18(20)21/h1-7H,(H2,15,17)(H,16,19). The number of amides is 1. The third-order valence-electron chi connectivity index (χ3n) is 3.00. The van der Waals surface area contributed by atoms with E-state index in [2.05, 4.69) is 10.3 Å². The molecule has 1 heterocycles. The van der Waals surface area contributed by atoms with Gasteiger partial charge in [-0.25, -0.2) is 4.98 Å². The molecule has 8 heteroatoms. The number of aromatic nitrogens is 1. The van der Waals surface area contributed by atoms with Gasteiger partial charge in [-0.15, -0.1) is 0 Å². The van der Waals surface area contributed by atoms with E-state index in [1.54, 1.807) is 18.2 Å². The smallest absolute Gasteiger partial charge is 0.269 e. The molecule has 0 aliphatic carbocycles. The lowest BCUT2D eigenvalue weighted by atomic mass is 10.2. The minimum absolute atomic E-state index is 0.0282. The zero-order valence-electron chi connectivity index (χ0n) is 11.1. The van der Waals surface area contributed by atoms with Gasteiger partial charge in [-0.3, -0.25) is 14.9 Å². The van der Waals surface area contributed by atoms with Crippen molar-refractivity contribution in [1.29, 1.82) is 0 Å². The molecule has 3 N–H and O–H groups in total. The van der Waals surface area contributed by atoms with Crippen LogP contribution in [0.3, 0.4) is 0 Å². The van der Waals surface area contributed by atoms with Crippen molar-refractivity contribution in [3.63, 3.8) is 0 Å². The van der Waals surface area contributed by atoms with Crippen LogP contribution in [0, 0.1) is 10.1 Å². The highest BCUT2D eigenvalue weighted by Crippen LogP contribution is 2.25. The van der Waals surface area contributed by atoms with E-state index in [0.29, 0.717) is 16.4 Å². The number of anilines is 2. The van der Waals surface area contributed by atoms with E-state index in [4.69, 9.17) is 5.73 Å². The Bertz CT molecular complexity index is 873. The van der Waals surface area contributed by atoms with E-state index in [1.807, 2.05) is 0 Å². The van der Waals surface area contributed by atoms with Gasteiger partial charge in [0.1, 0.15) is 0 Å². The van der Waals surface area contributed by atoms with E-state index in [9.17, 15) is 14.9 Å². The Hall–Kier alpha value is -3.00. The molecule has 2 aromatic carbocycles. The predicted molar refractivity (Wildman–Crippen MR) is 85.1 cm³/mol. The van der Waals surface area contributed by atoms with Crippen LogP contribution in [0.15, 0.2) is 42.5 Å². The van der Waals surface area contributed by atoms with Crippen LogP contribution in [0.4, 0.5) is 16.5 Å². The van der Waals surface area contributed by atoms with Crippen molar-refractivity contribution < 1.29 is 9.72 Å². The lowest BCUT2D eigenvalue weighted by Crippen LogP contribution is -2.11. The molecule has 0 aliphatic rings. The van der Waals surface area contributed by atoms with Crippen LogP contribution >= 0.6 is 11.3 Å². The number of fused-ring (bicyclic) bond motifs is 1. The molecule has 0 radical (unpaired) electrons. The third-order valence-corrected chi connectivity index (χ3v) is 3.85. The van der Waals surface area contributed by atoms with Crippen LogP contribution in [0.5, 0.6) is 0 Å². The summed E-state index contributed by atoms with van der Waals surface area (Å²) in [6.45, 7) is 0. The molecular weight excluding hydrogens is 304 g/mol. The fourth-order valence-electron chi connectivity index (χ4n) is 1.95. The first-order chi connectivity index (χ1) is 10.5. The van der Waals surface area contributed by atoms with Crippen molar-refractivity contribution in [2.45, 2.75) is 0 Å². The van der Waals surface area contributed by atoms with E-state index < -0.39 is 4.92 Å². The number of benzene rings is 2. The normalized spacial score (nSPS) is 10.5. The number of carbonyl (C=O) groups is 1. The molecule has 3 aromatic rings. The second-order valence-electron chi connectivity index (χ2n) is 4.49. The van der Waals surface area contributed by atoms with Gasteiger partial charge in [0.2, 0.25) is 0 Å². The summed E-state index contributed by atoms with van der Waals surface area (Å²) >= 11 is 1.31. The van der Waals surface area contributed by atoms with Crippen LogP contribution in [-0.4, -0.2) is 15.8 Å². The zero-order valence-corrected chi connectivity index (χ0v) is 12.0. The van der Waals surface area contributed by atoms with Gasteiger partial charge in [-0.2, -0.15) is 0 Å². The van der Waals surface area contributed by atoms with E-state index in [1.165, 1.54) is 35.6 Å². The summed E-state index contributed by atoms with van der Waals surface area (Å²) < 4.78 is 0.828. The molecule has 0 saturated carbocycles. The van der Waals surface area contributed by atoms with Crippen LogP contribution in [0.1, 0.15) is 10.4 Å². The van der Waals surface area contributed by atoms with Gasteiger partial charge in [0.15, 0.2) is 5.13 Å². The van der Waals surface area contributed by atoms with Gasteiger partial charge in [0, 0.05) is 23.4 Å². The molecule has 0 unspecified atom stereocenters. The Morgan fingerprint density at radius 1 is 1.23 bits per heavy atom. The van der Waals surface area contributed by atoms with Gasteiger partial charge >= 0.3 is 0 Å². The van der Waals surface area contributed by atoms with E-state index in [-0.39, 0.29) is 11.6 Å². The first kappa shape index (κ1) is 14.0. The Balaban J connectivity index is 1.81. The predicted octanol–water partition coefficient (Wildman–Crippen LogP) is 3.04. The number of non-ortho nitro benzene ring substituents is 1. The average molecular weight is 314 g/mol. The number of nitrogen functional groups attached to an aromatic ring is 1. The van der Waals surface area contributed by atoms with Gasteiger partial charge in [-0.1, -0.05) is 11.3 Å². The molecular formula is C14H10N4O3S. The molecule has 1 aromatic heterocycles. The summed E-state index contributed by atoms with van der Waals surface area (Å²) in [5.41, 5.74) is 7.30. The number of nitrogens with one attached hydrogen (secondary N) is 1. The van der Waals surface area contributed by atoms with Crippen molar-refractivity contribution in [3.05, 3.63) is 58.1 Å². The molecule has 7 nitrogen and oxygen atoms in total. The summed E-state index contributed by atoms with van der Waals surface area (Å²) in [6, 6.07) is 10.7. The number of rotatable bonds is 3. The largest absolute Gasteiger partial charge is 0.375 e. The highest BCUT2D eigenvalue weighted by atomic mass is 32.1. The molecule has 0 aliphatic heterocycles. The number of nitro benzene ring substituents is 1. The van der Waals surface area contributed by atoms with Crippen molar-refractivity contribution in [2.24, 2.45) is 0 Å². The first-order valence-corrected chi connectivity index (χ1v) is 7.06. The second kappa shape index (κ2) is 5.41. The molecule has 1 amide bonds. The van der Waals surface area contributed by atoms with Gasteiger partial charge in [0.25, 0.3) is 11.6 Å². The van der Waals surface area contributed by atoms with Crippen molar-refractivity contribution >= 4 is 44.0 Å². The average Bonchev–Trinajstić information content (AvgIpc) is 2.86. The Kier molecular flexibility index (Phi) is 3.43. The van der Waals surface area contributed by atoms with Crippen molar-refractivity contribution in [1.82, 2.24) is 4.98 Å². The molecule has 0 atom stereocenters. The molecule has 3 rings (SSSR count). The van der Waals surface area contributed by atoms with Crippen LogP contribution in [0.25, 0.3) is 10.2 Å². The third kappa shape index (κ3) is 2.72. The lowest BCUT2D eigenvalue weighted by molar-refractivity contribution is -0.384. The van der Waals surface area contributed by atoms with Gasteiger partial charge < -0.3 is 11.1 Å². The number of nitrogens with two attached hydrogens (primary N) is 1. The number of carbonyl (C=O) groups excluding carboxylic acids is 1. The summed E-state index contributed by atoms with van der Waals surface area (Å²) in [5.74, 6) is -0.303. The lowest BCUT2D eigenvalue weighted by Gasteiger charge is -2.05. The summed E-state index contributed by atoms with van der Waals surface area (Å²) in [7, 11) is 0. The van der Waals surface area contributed by atoms with E-state index in [0.717, 1.165) is 10.2 Å². The zero-order chi connectivity index (χ0) is 15.7. The number of nitrogens with zero attached hydrogens (tertiary/aromatic N) is 2. The van der Waals surface area contributed by atoms with E-state index >= 15 is 0 Å². The number of hydrogen-bond acceptors (Lipinski definition) is 6. The van der Waals surface area contributed by atoms with Crippen LogP contribution in [-0.2, 0) is 0 Å². The number of nitro groups is 1. The summed E-state index contributed by atoms with van der Waals surface area (Å²) in [4.78, 5) is 26.4. The fourth-order valence-corrected chi connectivity index (χ4v) is 2.73. The van der Waals surface area contributed by atoms with Crippen molar-refractivity contribution in [2.75, 3.05) is 11.1 Å². The molecule has 0 fully saturated rings. The Morgan fingerprint density at radius 2 is 1.95 bits per heavy atom. The number of thiazole rings is 1. The second-order valence-corrected chi connectivity index (χ2v) is 5.55. The molecule has 0 spiro atoms. The maximum atomic E-state index is 12.2. The van der Waals surface area contributed by atoms with Gasteiger partial charge in [0.05, 0.1) is 15.1 Å². The SMILES string of the molecule is Nc1nc2ccc(C(=O)Nc3ccc([N+](=O)[O-])cc3)cc2s1. The highest BCUT2D eigenvalue weighted by Gasteiger charge is 2.10. The Labute approximate surface area is 128 Å². The highest BCUT2D eigenvalue weighted by molar-refractivity contribution is 7.22. The summed E-state index contributed by atoms with van der Waals surface area (Å²) in [5, 5.41) is 13.7. The maximum Gasteiger partial charge on any atom is 0.269 e. The first-order valence-electron chi connectivity index (χ1n) is 6.25. The quantitative estimate of drug-likeness (QED) is 0.570. The van der Waals surface area contributed by atoms with Gasteiger partial charge in [-0.05, 0) is 30.3 Å².